The number of rotatable bonds is 3. The minimum Gasteiger partial charge on any atom is -0.494 e. The number of hydrogen-bond acceptors (Lipinski definition) is 5. The van der Waals surface area contributed by atoms with Crippen LogP contribution >= 0.6 is 0 Å². The monoisotopic (exact) mass is 270 g/mol. The van der Waals surface area contributed by atoms with E-state index in [4.69, 9.17) is 14.4 Å². The Morgan fingerprint density at radius 2 is 2.20 bits per heavy atom. The lowest BCUT2D eigenvalue weighted by molar-refractivity contribution is 0.0652. The van der Waals surface area contributed by atoms with Crippen LogP contribution in [-0.4, -0.2) is 28.3 Å². The van der Waals surface area contributed by atoms with Gasteiger partial charge in [0.25, 0.3) is 0 Å². The highest BCUT2D eigenvalue weighted by Gasteiger charge is 2.15. The van der Waals surface area contributed by atoms with Gasteiger partial charge in [-0.05, 0) is 18.2 Å². The minimum atomic E-state index is -1.15. The Balaban J connectivity index is 2.23. The second-order valence-corrected chi connectivity index (χ2v) is 4.10. The Labute approximate surface area is 113 Å². The predicted molar refractivity (Wildman–Crippen MR) is 70.8 cm³/mol. The van der Waals surface area contributed by atoms with E-state index in [2.05, 4.69) is 10.1 Å². The van der Waals surface area contributed by atoms with Crippen molar-refractivity contribution < 1.29 is 19.2 Å². The molecule has 0 aliphatic heterocycles. The molecule has 1 aromatic carbocycles. The van der Waals surface area contributed by atoms with Gasteiger partial charge in [0.1, 0.15) is 17.0 Å². The quantitative estimate of drug-likeness (QED) is 0.787. The molecule has 2 aromatic heterocycles. The maximum Gasteiger partial charge on any atom is 0.374 e. The molecule has 0 aliphatic rings. The summed E-state index contributed by atoms with van der Waals surface area (Å²) in [5.41, 5.74) is 1.88. The van der Waals surface area contributed by atoms with Crippen LogP contribution in [-0.2, 0) is 0 Å². The highest BCUT2D eigenvalue weighted by molar-refractivity contribution is 5.97. The zero-order chi connectivity index (χ0) is 14.1. The summed E-state index contributed by atoms with van der Waals surface area (Å²) in [6.07, 6.45) is 1.67. The molecular formula is C14H10N2O4. The number of ether oxygens (including phenoxy) is 1. The fourth-order valence-corrected chi connectivity index (χ4v) is 2.04. The smallest absolute Gasteiger partial charge is 0.374 e. The number of carbonyl (C=O) groups is 1. The number of aromatic nitrogens is 2. The molecule has 0 atom stereocenters. The third kappa shape index (κ3) is 1.87. The third-order valence-electron chi connectivity index (χ3n) is 2.95. The molecule has 0 radical (unpaired) electrons. The number of nitrogens with zero attached hydrogens (tertiary/aromatic N) is 2. The normalized spacial score (nSPS) is 10.7. The zero-order valence-electron chi connectivity index (χ0n) is 10.5. The number of aromatic carboxylic acids is 1. The molecule has 0 unspecified atom stereocenters. The topological polar surface area (TPSA) is 85.5 Å². The molecule has 0 aliphatic carbocycles. The lowest BCUT2D eigenvalue weighted by Gasteiger charge is -2.07. The summed E-state index contributed by atoms with van der Waals surface area (Å²) in [6, 6.07) is 8.61. The Morgan fingerprint density at radius 1 is 1.35 bits per heavy atom. The first kappa shape index (κ1) is 12.2. The van der Waals surface area contributed by atoms with Crippen molar-refractivity contribution in [1.29, 1.82) is 0 Å². The zero-order valence-corrected chi connectivity index (χ0v) is 10.5. The first-order valence-corrected chi connectivity index (χ1v) is 5.83. The molecule has 0 amide bonds. The van der Waals surface area contributed by atoms with Crippen LogP contribution in [0, 0.1) is 0 Å². The lowest BCUT2D eigenvalue weighted by atomic mass is 10.0. The van der Waals surface area contributed by atoms with Crippen molar-refractivity contribution in [2.45, 2.75) is 0 Å². The third-order valence-corrected chi connectivity index (χ3v) is 2.95. The Morgan fingerprint density at radius 3 is 2.90 bits per heavy atom. The molecule has 0 saturated carbocycles. The Kier molecular flexibility index (Phi) is 2.83. The summed E-state index contributed by atoms with van der Waals surface area (Å²) in [4.78, 5) is 15.1. The van der Waals surface area contributed by atoms with E-state index in [1.54, 1.807) is 31.5 Å². The van der Waals surface area contributed by atoms with E-state index >= 15 is 0 Å². The SMILES string of the molecule is COc1ccc(-c2cc(C(=O)O)on2)c2cccnc12. The van der Waals surface area contributed by atoms with Gasteiger partial charge in [-0.25, -0.2) is 4.79 Å². The van der Waals surface area contributed by atoms with Gasteiger partial charge in [0.2, 0.25) is 5.76 Å². The Bertz CT molecular complexity index is 795. The minimum absolute atomic E-state index is 0.201. The van der Waals surface area contributed by atoms with Gasteiger partial charge in [-0.3, -0.25) is 4.98 Å². The van der Waals surface area contributed by atoms with Crippen molar-refractivity contribution in [3.05, 3.63) is 42.3 Å². The number of carboxylic acid groups (broad SMARTS) is 1. The molecular weight excluding hydrogens is 260 g/mol. The second kappa shape index (κ2) is 4.65. The summed E-state index contributed by atoms with van der Waals surface area (Å²) in [5.74, 6) is -0.709. The summed E-state index contributed by atoms with van der Waals surface area (Å²) in [7, 11) is 1.57. The molecule has 0 fully saturated rings. The van der Waals surface area contributed by atoms with Gasteiger partial charge >= 0.3 is 5.97 Å². The van der Waals surface area contributed by atoms with E-state index in [1.165, 1.54) is 6.07 Å². The first-order chi connectivity index (χ1) is 9.70. The van der Waals surface area contributed by atoms with Crippen LogP contribution in [0.1, 0.15) is 10.6 Å². The fraction of sp³-hybridized carbons (Fsp3) is 0.0714. The van der Waals surface area contributed by atoms with Crippen LogP contribution in [0.2, 0.25) is 0 Å². The van der Waals surface area contributed by atoms with Crippen LogP contribution in [0.4, 0.5) is 0 Å². The molecule has 6 nitrogen and oxygen atoms in total. The van der Waals surface area contributed by atoms with Crippen LogP contribution in [0.25, 0.3) is 22.2 Å². The van der Waals surface area contributed by atoms with Crippen molar-refractivity contribution in [3.63, 3.8) is 0 Å². The number of methoxy groups -OCH3 is 1. The van der Waals surface area contributed by atoms with Crippen molar-refractivity contribution in [2.75, 3.05) is 7.11 Å². The molecule has 20 heavy (non-hydrogen) atoms. The number of pyridine rings is 1. The molecule has 2 heterocycles. The standard InChI is InChI=1S/C14H10N2O4/c1-19-11-5-4-8(9-3-2-6-15-13(9)11)10-7-12(14(17)18)20-16-10/h2-7H,1H3,(H,17,18). The average Bonchev–Trinajstić information content (AvgIpc) is 2.96. The van der Waals surface area contributed by atoms with Gasteiger partial charge in [0, 0.05) is 23.2 Å². The van der Waals surface area contributed by atoms with Gasteiger partial charge in [0.15, 0.2) is 0 Å². The molecule has 1 N–H and O–H groups in total. The first-order valence-electron chi connectivity index (χ1n) is 5.83. The highest BCUT2D eigenvalue weighted by Crippen LogP contribution is 2.32. The van der Waals surface area contributed by atoms with Crippen molar-refractivity contribution >= 4 is 16.9 Å². The van der Waals surface area contributed by atoms with Gasteiger partial charge in [0.05, 0.1) is 7.11 Å². The molecule has 0 spiro atoms. The summed E-state index contributed by atoms with van der Waals surface area (Å²) in [5, 5.41) is 13.5. The van der Waals surface area contributed by atoms with Gasteiger partial charge < -0.3 is 14.4 Å². The molecule has 0 saturated heterocycles. The van der Waals surface area contributed by atoms with Crippen LogP contribution < -0.4 is 4.74 Å². The maximum absolute atomic E-state index is 10.8. The molecule has 6 heteroatoms. The molecule has 3 rings (SSSR count). The van der Waals surface area contributed by atoms with E-state index in [-0.39, 0.29) is 5.76 Å². The van der Waals surface area contributed by atoms with Gasteiger partial charge in [-0.2, -0.15) is 0 Å². The summed E-state index contributed by atoms with van der Waals surface area (Å²) >= 11 is 0. The number of fused-ring (bicyclic) bond motifs is 1. The highest BCUT2D eigenvalue weighted by atomic mass is 16.5. The van der Waals surface area contributed by atoms with Crippen molar-refractivity contribution in [3.8, 4) is 17.0 Å². The molecule has 100 valence electrons. The lowest BCUT2D eigenvalue weighted by Crippen LogP contribution is -1.92. The number of benzene rings is 1. The molecule has 3 aromatic rings. The van der Waals surface area contributed by atoms with Gasteiger partial charge in [-0.15, -0.1) is 0 Å². The van der Waals surface area contributed by atoms with Crippen molar-refractivity contribution in [1.82, 2.24) is 10.1 Å². The summed E-state index contributed by atoms with van der Waals surface area (Å²) < 4.78 is 10.0. The predicted octanol–water partition coefficient (Wildman–Crippen LogP) is 2.60. The van der Waals surface area contributed by atoms with Crippen LogP contribution in [0.15, 0.2) is 41.1 Å². The van der Waals surface area contributed by atoms with E-state index in [1.807, 2.05) is 6.07 Å². The average molecular weight is 270 g/mol. The largest absolute Gasteiger partial charge is 0.494 e. The molecule has 0 bridgehead atoms. The Hall–Kier alpha value is -2.89. The number of carboxylic acids is 1. The van der Waals surface area contributed by atoms with Gasteiger partial charge in [-0.1, -0.05) is 11.2 Å². The van der Waals surface area contributed by atoms with E-state index < -0.39 is 5.97 Å². The van der Waals surface area contributed by atoms with E-state index in [0.717, 1.165) is 10.9 Å². The van der Waals surface area contributed by atoms with Crippen molar-refractivity contribution in [2.24, 2.45) is 0 Å². The van der Waals surface area contributed by atoms with E-state index in [0.29, 0.717) is 17.0 Å². The number of hydrogen-bond donors (Lipinski definition) is 1. The maximum atomic E-state index is 10.8. The van der Waals surface area contributed by atoms with Crippen LogP contribution in [0.5, 0.6) is 5.75 Å². The summed E-state index contributed by atoms with van der Waals surface area (Å²) in [6.45, 7) is 0. The second-order valence-electron chi connectivity index (χ2n) is 4.10. The van der Waals surface area contributed by atoms with Crippen LogP contribution in [0.3, 0.4) is 0 Å². The van der Waals surface area contributed by atoms with E-state index in [9.17, 15) is 4.79 Å². The fourth-order valence-electron chi connectivity index (χ4n) is 2.04.